The molecule has 0 saturated heterocycles. The molecular formula is C17H22N4O2. The minimum absolute atomic E-state index is 0.0586. The molecule has 1 aromatic heterocycles. The first-order valence-electron chi connectivity index (χ1n) is 8.04. The average molecular weight is 314 g/mol. The molecule has 1 aliphatic carbocycles. The molecule has 6 nitrogen and oxygen atoms in total. The molecule has 6 heteroatoms. The van der Waals surface area contributed by atoms with Crippen LogP contribution in [0.4, 0.5) is 0 Å². The van der Waals surface area contributed by atoms with Gasteiger partial charge in [-0.25, -0.2) is 4.68 Å². The van der Waals surface area contributed by atoms with E-state index in [9.17, 15) is 0 Å². The molecule has 1 aromatic carbocycles. The number of rotatable bonds is 3. The molecule has 23 heavy (non-hydrogen) atoms. The highest BCUT2D eigenvalue weighted by atomic mass is 16.5. The number of fused-ring (bicyclic) bond motifs is 6. The van der Waals surface area contributed by atoms with Crippen LogP contribution in [0.1, 0.15) is 36.7 Å². The van der Waals surface area contributed by atoms with Gasteiger partial charge in [-0.15, -0.1) is 5.10 Å². The van der Waals surface area contributed by atoms with Gasteiger partial charge in [-0.3, -0.25) is 0 Å². The van der Waals surface area contributed by atoms with Crippen LogP contribution in [-0.4, -0.2) is 41.0 Å². The molecule has 0 radical (unpaired) electrons. The fraction of sp³-hybridized carbons (Fsp3) is 0.588. The largest absolute Gasteiger partial charge is 0.497 e. The van der Waals surface area contributed by atoms with E-state index in [4.69, 9.17) is 9.47 Å². The van der Waals surface area contributed by atoms with Crippen LogP contribution in [0.2, 0.25) is 0 Å². The quantitative estimate of drug-likeness (QED) is 0.865. The zero-order chi connectivity index (χ0) is 16.1. The SMILES string of the molecule is COC[C@]12Cc3ccc(OC)cc3[C@](C)(CCc3nnnn31)C2. The van der Waals surface area contributed by atoms with Crippen LogP contribution in [-0.2, 0) is 28.5 Å². The van der Waals surface area contributed by atoms with Crippen molar-refractivity contribution in [1.82, 2.24) is 20.2 Å². The normalized spacial score (nSPS) is 28.7. The van der Waals surface area contributed by atoms with Crippen molar-refractivity contribution >= 4 is 0 Å². The maximum atomic E-state index is 5.60. The second-order valence-electron chi connectivity index (χ2n) is 7.10. The number of hydrogen-bond acceptors (Lipinski definition) is 5. The molecule has 0 N–H and O–H groups in total. The molecule has 2 bridgehead atoms. The van der Waals surface area contributed by atoms with E-state index in [0.717, 1.165) is 37.3 Å². The first kappa shape index (κ1) is 14.6. The summed E-state index contributed by atoms with van der Waals surface area (Å²) in [5, 5.41) is 12.5. The average Bonchev–Trinajstić information content (AvgIpc) is 2.99. The molecule has 0 saturated carbocycles. The van der Waals surface area contributed by atoms with Crippen molar-refractivity contribution in [2.45, 2.75) is 43.6 Å². The number of aromatic nitrogens is 4. The fourth-order valence-corrected chi connectivity index (χ4v) is 4.56. The zero-order valence-corrected chi connectivity index (χ0v) is 13.9. The number of nitrogens with zero attached hydrogens (tertiary/aromatic N) is 4. The van der Waals surface area contributed by atoms with Crippen LogP contribution in [0.15, 0.2) is 18.2 Å². The molecule has 2 aliphatic rings. The third-order valence-electron chi connectivity index (χ3n) is 5.50. The smallest absolute Gasteiger partial charge is 0.152 e. The third-order valence-corrected chi connectivity index (χ3v) is 5.50. The lowest BCUT2D eigenvalue weighted by Crippen LogP contribution is -2.49. The predicted octanol–water partition coefficient (Wildman–Crippen LogP) is 1.87. The van der Waals surface area contributed by atoms with E-state index in [1.165, 1.54) is 11.1 Å². The Kier molecular flexibility index (Phi) is 3.20. The molecule has 0 spiro atoms. The van der Waals surface area contributed by atoms with Crippen molar-refractivity contribution in [3.05, 3.63) is 35.2 Å². The highest BCUT2D eigenvalue weighted by molar-refractivity contribution is 5.44. The van der Waals surface area contributed by atoms with Crippen LogP contribution in [0.5, 0.6) is 5.75 Å². The summed E-state index contributed by atoms with van der Waals surface area (Å²) in [5.74, 6) is 1.89. The second-order valence-corrected chi connectivity index (χ2v) is 7.10. The van der Waals surface area contributed by atoms with Gasteiger partial charge in [-0.05, 0) is 51.9 Å². The van der Waals surface area contributed by atoms with Gasteiger partial charge in [0.2, 0.25) is 0 Å². The van der Waals surface area contributed by atoms with E-state index in [0.29, 0.717) is 6.61 Å². The molecular weight excluding hydrogens is 292 g/mol. The van der Waals surface area contributed by atoms with Crippen molar-refractivity contribution in [3.63, 3.8) is 0 Å². The lowest BCUT2D eigenvalue weighted by molar-refractivity contribution is 0.0463. The highest BCUT2D eigenvalue weighted by Gasteiger charge is 2.50. The van der Waals surface area contributed by atoms with E-state index < -0.39 is 0 Å². The summed E-state index contributed by atoms with van der Waals surface area (Å²) >= 11 is 0. The molecule has 0 unspecified atom stereocenters. The van der Waals surface area contributed by atoms with Crippen molar-refractivity contribution in [3.8, 4) is 5.75 Å². The van der Waals surface area contributed by atoms with Crippen molar-refractivity contribution in [2.24, 2.45) is 0 Å². The van der Waals surface area contributed by atoms with Crippen LogP contribution in [0.3, 0.4) is 0 Å². The van der Waals surface area contributed by atoms with Crippen molar-refractivity contribution < 1.29 is 9.47 Å². The molecule has 0 fully saturated rings. The maximum Gasteiger partial charge on any atom is 0.152 e. The third kappa shape index (κ3) is 2.08. The number of benzene rings is 1. The molecule has 2 atom stereocenters. The minimum atomic E-state index is -0.208. The van der Waals surface area contributed by atoms with Gasteiger partial charge in [0.15, 0.2) is 5.82 Å². The van der Waals surface area contributed by atoms with E-state index in [1.807, 2.05) is 10.7 Å². The number of hydrogen-bond donors (Lipinski definition) is 0. The van der Waals surface area contributed by atoms with Crippen LogP contribution < -0.4 is 4.74 Å². The zero-order valence-electron chi connectivity index (χ0n) is 13.9. The molecule has 122 valence electrons. The van der Waals surface area contributed by atoms with E-state index in [-0.39, 0.29) is 11.0 Å². The fourth-order valence-electron chi connectivity index (χ4n) is 4.56. The number of tetrazole rings is 1. The number of aryl methyl sites for hydroxylation is 1. The Hall–Kier alpha value is -1.95. The first-order valence-corrected chi connectivity index (χ1v) is 8.04. The van der Waals surface area contributed by atoms with Crippen molar-refractivity contribution in [2.75, 3.05) is 20.8 Å². The van der Waals surface area contributed by atoms with Crippen LogP contribution in [0.25, 0.3) is 0 Å². The summed E-state index contributed by atoms with van der Waals surface area (Å²) in [6, 6.07) is 6.43. The summed E-state index contributed by atoms with van der Waals surface area (Å²) in [6.07, 6.45) is 3.77. The van der Waals surface area contributed by atoms with Gasteiger partial charge in [0.1, 0.15) is 5.75 Å². The standard InChI is InChI=1S/C17H22N4O2/c1-16-7-6-15-18-19-20-21(15)17(10-16,11-22-2)9-12-4-5-13(23-3)8-14(12)16/h4-5,8H,6-7,9-11H2,1-3H3/t16-,17-/m1/s1. The van der Waals surface area contributed by atoms with Gasteiger partial charge in [0.25, 0.3) is 0 Å². The summed E-state index contributed by atoms with van der Waals surface area (Å²) in [5.41, 5.74) is 2.59. The van der Waals surface area contributed by atoms with Gasteiger partial charge in [0, 0.05) is 20.0 Å². The maximum absolute atomic E-state index is 5.60. The van der Waals surface area contributed by atoms with Crippen LogP contribution in [0, 0.1) is 0 Å². The summed E-state index contributed by atoms with van der Waals surface area (Å²) in [4.78, 5) is 0. The van der Waals surface area contributed by atoms with Gasteiger partial charge in [0.05, 0.1) is 19.3 Å². The topological polar surface area (TPSA) is 62.1 Å². The second kappa shape index (κ2) is 5.03. The lowest BCUT2D eigenvalue weighted by Gasteiger charge is -2.45. The Bertz CT molecular complexity index is 744. The minimum Gasteiger partial charge on any atom is -0.497 e. The monoisotopic (exact) mass is 314 g/mol. The molecule has 2 heterocycles. The number of methoxy groups -OCH3 is 2. The Morgan fingerprint density at radius 3 is 2.96 bits per heavy atom. The summed E-state index contributed by atoms with van der Waals surface area (Å²) < 4.78 is 13.1. The molecule has 0 amide bonds. The van der Waals surface area contributed by atoms with Gasteiger partial charge in [-0.1, -0.05) is 13.0 Å². The Morgan fingerprint density at radius 2 is 2.17 bits per heavy atom. The highest BCUT2D eigenvalue weighted by Crippen LogP contribution is 2.50. The predicted molar refractivity (Wildman–Crippen MR) is 84.7 cm³/mol. The Morgan fingerprint density at radius 1 is 1.30 bits per heavy atom. The van der Waals surface area contributed by atoms with Crippen molar-refractivity contribution in [1.29, 1.82) is 0 Å². The van der Waals surface area contributed by atoms with Gasteiger partial charge in [-0.2, -0.15) is 0 Å². The van der Waals surface area contributed by atoms with E-state index in [2.05, 4.69) is 34.6 Å². The lowest BCUT2D eigenvalue weighted by atomic mass is 9.63. The van der Waals surface area contributed by atoms with Gasteiger partial charge < -0.3 is 9.47 Å². The number of ether oxygens (including phenoxy) is 2. The summed E-state index contributed by atoms with van der Waals surface area (Å²) in [7, 11) is 3.48. The molecule has 1 aliphatic heterocycles. The Labute approximate surface area is 135 Å². The van der Waals surface area contributed by atoms with Gasteiger partial charge >= 0.3 is 0 Å². The van der Waals surface area contributed by atoms with Crippen LogP contribution >= 0.6 is 0 Å². The van der Waals surface area contributed by atoms with E-state index in [1.54, 1.807) is 14.2 Å². The van der Waals surface area contributed by atoms with E-state index >= 15 is 0 Å². The molecule has 4 rings (SSSR count). The summed E-state index contributed by atoms with van der Waals surface area (Å²) in [6.45, 7) is 2.96. The molecule has 2 aromatic rings. The Balaban J connectivity index is 1.91. The first-order chi connectivity index (χ1) is 11.1.